The van der Waals surface area contributed by atoms with E-state index in [1.807, 2.05) is 0 Å². The molecule has 2 rings (SSSR count). The van der Waals surface area contributed by atoms with Gasteiger partial charge in [0.2, 0.25) is 0 Å². The van der Waals surface area contributed by atoms with E-state index >= 15 is 0 Å². The summed E-state index contributed by atoms with van der Waals surface area (Å²) in [6, 6.07) is 2.84. The van der Waals surface area contributed by atoms with Crippen molar-refractivity contribution in [3.63, 3.8) is 0 Å². The van der Waals surface area contributed by atoms with Crippen LogP contribution in [0.15, 0.2) is 18.2 Å². The Morgan fingerprint density at radius 2 is 2.12 bits per heavy atom. The highest BCUT2D eigenvalue weighted by atomic mass is 35.5. The number of hydrogen-bond acceptors (Lipinski definition) is 2. The molecule has 1 aromatic heterocycles. The van der Waals surface area contributed by atoms with Gasteiger partial charge in [-0.1, -0.05) is 11.6 Å². The Bertz CT molecular complexity index is 598. The zero-order valence-electron chi connectivity index (χ0n) is 8.17. The number of halogens is 3. The lowest BCUT2D eigenvalue weighted by molar-refractivity contribution is 0.0690. The number of carboxylic acids is 1. The monoisotopic (exact) mass is 258 g/mol. The minimum Gasteiger partial charge on any atom is -0.476 e. The van der Waals surface area contributed by atoms with Gasteiger partial charge in [-0.3, -0.25) is 5.10 Å². The van der Waals surface area contributed by atoms with Crippen LogP contribution in [0.2, 0.25) is 5.02 Å². The summed E-state index contributed by atoms with van der Waals surface area (Å²) in [5, 5.41) is 14.3. The molecule has 0 saturated carbocycles. The van der Waals surface area contributed by atoms with E-state index in [1.54, 1.807) is 0 Å². The summed E-state index contributed by atoms with van der Waals surface area (Å²) in [6.45, 7) is 0. The summed E-state index contributed by atoms with van der Waals surface area (Å²) < 4.78 is 26.1. The van der Waals surface area contributed by atoms with Crippen molar-refractivity contribution < 1.29 is 18.7 Å². The van der Waals surface area contributed by atoms with E-state index in [4.69, 9.17) is 16.7 Å². The maximum absolute atomic E-state index is 13.4. The molecule has 0 bridgehead atoms. The molecule has 7 heteroatoms. The number of carboxylic acid groups (broad SMARTS) is 1. The van der Waals surface area contributed by atoms with Crippen molar-refractivity contribution in [2.24, 2.45) is 0 Å². The van der Waals surface area contributed by atoms with Gasteiger partial charge in [-0.25, -0.2) is 13.6 Å². The van der Waals surface area contributed by atoms with Crippen LogP contribution in [0.4, 0.5) is 8.78 Å². The highest BCUT2D eigenvalue weighted by Crippen LogP contribution is 2.30. The van der Waals surface area contributed by atoms with Crippen LogP contribution in [0, 0.1) is 11.6 Å². The van der Waals surface area contributed by atoms with Gasteiger partial charge >= 0.3 is 5.97 Å². The lowest BCUT2D eigenvalue weighted by Crippen LogP contribution is -1.96. The number of aromatic nitrogens is 2. The van der Waals surface area contributed by atoms with E-state index in [9.17, 15) is 13.6 Å². The predicted molar refractivity (Wildman–Crippen MR) is 55.9 cm³/mol. The molecule has 17 heavy (non-hydrogen) atoms. The zero-order valence-corrected chi connectivity index (χ0v) is 8.92. The molecule has 2 N–H and O–H groups in total. The molecule has 0 amide bonds. The first-order valence-electron chi connectivity index (χ1n) is 4.43. The second kappa shape index (κ2) is 4.14. The number of H-pyrrole nitrogens is 1. The van der Waals surface area contributed by atoms with E-state index in [2.05, 4.69) is 10.2 Å². The Hall–Kier alpha value is -1.95. The van der Waals surface area contributed by atoms with Gasteiger partial charge in [0.15, 0.2) is 5.69 Å². The van der Waals surface area contributed by atoms with Gasteiger partial charge in [0.05, 0.1) is 0 Å². The minimum absolute atomic E-state index is 0.0680. The fraction of sp³-hybridized carbons (Fsp3) is 0. The summed E-state index contributed by atoms with van der Waals surface area (Å²) in [5.41, 5.74) is -0.480. The maximum Gasteiger partial charge on any atom is 0.355 e. The quantitative estimate of drug-likeness (QED) is 0.870. The van der Waals surface area contributed by atoms with Crippen LogP contribution in [0.3, 0.4) is 0 Å². The van der Waals surface area contributed by atoms with E-state index in [0.29, 0.717) is 6.07 Å². The first-order valence-corrected chi connectivity index (χ1v) is 4.81. The standard InChI is InChI=1S/C10H5ClF2N2O2/c11-7-8(14-15-9(7)10(16)17)5-2-1-4(12)3-6(5)13/h1-3H,(H,14,15)(H,16,17). The number of nitrogens with one attached hydrogen (secondary N) is 1. The Morgan fingerprint density at radius 1 is 1.41 bits per heavy atom. The third-order valence-electron chi connectivity index (χ3n) is 2.11. The van der Waals surface area contributed by atoms with Gasteiger partial charge in [0.25, 0.3) is 0 Å². The maximum atomic E-state index is 13.4. The molecule has 0 radical (unpaired) electrons. The number of aromatic amines is 1. The average molecular weight is 259 g/mol. The summed E-state index contributed by atoms with van der Waals surface area (Å²) >= 11 is 5.73. The number of benzene rings is 1. The summed E-state index contributed by atoms with van der Waals surface area (Å²) in [4.78, 5) is 10.7. The predicted octanol–water partition coefficient (Wildman–Crippen LogP) is 2.71. The van der Waals surface area contributed by atoms with Crippen molar-refractivity contribution in [1.29, 1.82) is 0 Å². The van der Waals surface area contributed by atoms with Gasteiger partial charge in [-0.15, -0.1) is 0 Å². The number of rotatable bonds is 2. The minimum atomic E-state index is -1.31. The molecule has 0 atom stereocenters. The molecule has 0 aliphatic carbocycles. The van der Waals surface area contributed by atoms with Crippen LogP contribution in [-0.2, 0) is 0 Å². The number of hydrogen-bond donors (Lipinski definition) is 2. The topological polar surface area (TPSA) is 66.0 Å². The number of carbonyl (C=O) groups is 1. The second-order valence-electron chi connectivity index (χ2n) is 3.19. The van der Waals surface area contributed by atoms with E-state index < -0.39 is 17.6 Å². The van der Waals surface area contributed by atoms with Gasteiger partial charge in [-0.2, -0.15) is 5.10 Å². The fourth-order valence-electron chi connectivity index (χ4n) is 1.33. The van der Waals surface area contributed by atoms with Gasteiger partial charge in [-0.05, 0) is 12.1 Å². The zero-order chi connectivity index (χ0) is 12.6. The Labute approximate surface area is 98.8 Å². The third kappa shape index (κ3) is 1.99. The fourth-order valence-corrected chi connectivity index (χ4v) is 1.60. The molecule has 88 valence electrons. The van der Waals surface area contributed by atoms with Gasteiger partial charge in [0.1, 0.15) is 22.4 Å². The molecule has 0 aliphatic heterocycles. The molecule has 0 fully saturated rings. The molecule has 4 nitrogen and oxygen atoms in total. The number of nitrogens with zero attached hydrogens (tertiary/aromatic N) is 1. The van der Waals surface area contributed by atoms with Crippen molar-refractivity contribution in [3.8, 4) is 11.3 Å². The van der Waals surface area contributed by atoms with Crippen LogP contribution < -0.4 is 0 Å². The van der Waals surface area contributed by atoms with Crippen molar-refractivity contribution >= 4 is 17.6 Å². The molecule has 1 aromatic carbocycles. The largest absolute Gasteiger partial charge is 0.476 e. The smallest absolute Gasteiger partial charge is 0.355 e. The van der Waals surface area contributed by atoms with Crippen molar-refractivity contribution in [3.05, 3.63) is 40.6 Å². The lowest BCUT2D eigenvalue weighted by Gasteiger charge is -1.99. The van der Waals surface area contributed by atoms with Crippen LogP contribution in [0.5, 0.6) is 0 Å². The molecular weight excluding hydrogens is 254 g/mol. The molecule has 0 saturated heterocycles. The summed E-state index contributed by atoms with van der Waals surface area (Å²) in [7, 11) is 0. The van der Waals surface area contributed by atoms with E-state index in [-0.39, 0.29) is 22.0 Å². The first kappa shape index (κ1) is 11.5. The molecule has 0 aliphatic rings. The van der Waals surface area contributed by atoms with Crippen LogP contribution in [-0.4, -0.2) is 21.3 Å². The Morgan fingerprint density at radius 3 is 2.65 bits per heavy atom. The molecular formula is C10H5ClF2N2O2. The second-order valence-corrected chi connectivity index (χ2v) is 3.57. The summed E-state index contributed by atoms with van der Waals surface area (Å²) in [5.74, 6) is -2.91. The highest BCUT2D eigenvalue weighted by Gasteiger charge is 2.20. The molecule has 2 aromatic rings. The third-order valence-corrected chi connectivity index (χ3v) is 2.48. The average Bonchev–Trinajstić information content (AvgIpc) is 2.60. The SMILES string of the molecule is O=C(O)c1[nH]nc(-c2ccc(F)cc2F)c1Cl. The molecule has 0 unspecified atom stereocenters. The van der Waals surface area contributed by atoms with Crippen molar-refractivity contribution in [1.82, 2.24) is 10.2 Å². The molecule has 1 heterocycles. The lowest BCUT2D eigenvalue weighted by atomic mass is 10.1. The highest BCUT2D eigenvalue weighted by molar-refractivity contribution is 6.35. The van der Waals surface area contributed by atoms with Gasteiger partial charge < -0.3 is 5.11 Å². The first-order chi connectivity index (χ1) is 8.00. The Kier molecular flexibility index (Phi) is 2.81. The van der Waals surface area contributed by atoms with Crippen LogP contribution in [0.1, 0.15) is 10.5 Å². The van der Waals surface area contributed by atoms with E-state index in [0.717, 1.165) is 12.1 Å². The van der Waals surface area contributed by atoms with E-state index in [1.165, 1.54) is 0 Å². The Balaban J connectivity index is 2.57. The molecule has 0 spiro atoms. The normalized spacial score (nSPS) is 10.5. The summed E-state index contributed by atoms with van der Waals surface area (Å²) in [6.07, 6.45) is 0. The van der Waals surface area contributed by atoms with Gasteiger partial charge in [0, 0.05) is 11.6 Å². The van der Waals surface area contributed by atoms with Crippen LogP contribution >= 0.6 is 11.6 Å². The number of aromatic carboxylic acids is 1. The van der Waals surface area contributed by atoms with Crippen LogP contribution in [0.25, 0.3) is 11.3 Å². The van der Waals surface area contributed by atoms with Crippen molar-refractivity contribution in [2.45, 2.75) is 0 Å². The van der Waals surface area contributed by atoms with Crippen molar-refractivity contribution in [2.75, 3.05) is 0 Å².